The molecule has 2 aromatic heterocycles. The molecule has 1 amide bonds. The smallest absolute Gasteiger partial charge is 0.312 e. The van der Waals surface area contributed by atoms with Crippen LogP contribution in [0.4, 0.5) is 0 Å². The van der Waals surface area contributed by atoms with Gasteiger partial charge in [-0.05, 0) is 25.0 Å². The van der Waals surface area contributed by atoms with E-state index in [0.717, 1.165) is 29.8 Å². The van der Waals surface area contributed by atoms with Gasteiger partial charge in [0.15, 0.2) is 6.61 Å². The summed E-state index contributed by atoms with van der Waals surface area (Å²) in [4.78, 5) is 34.5. The van der Waals surface area contributed by atoms with Crippen molar-refractivity contribution in [3.63, 3.8) is 0 Å². The molecule has 8 heteroatoms. The van der Waals surface area contributed by atoms with Gasteiger partial charge in [-0.1, -0.05) is 19.3 Å². The van der Waals surface area contributed by atoms with Crippen LogP contribution >= 0.6 is 11.3 Å². The van der Waals surface area contributed by atoms with E-state index in [9.17, 15) is 14.9 Å². The predicted molar refractivity (Wildman–Crippen MR) is 104 cm³/mol. The number of hydrogen-bond acceptors (Lipinski definition) is 7. The van der Waals surface area contributed by atoms with E-state index < -0.39 is 11.5 Å². The summed E-state index contributed by atoms with van der Waals surface area (Å²) in [5.74, 6) is -0.870. The maximum Gasteiger partial charge on any atom is 0.312 e. The molecule has 28 heavy (non-hydrogen) atoms. The number of pyridine rings is 1. The van der Waals surface area contributed by atoms with Crippen molar-refractivity contribution < 1.29 is 14.3 Å². The van der Waals surface area contributed by atoms with Gasteiger partial charge in [0.1, 0.15) is 10.5 Å². The minimum Gasteiger partial charge on any atom is -0.455 e. The molecule has 0 aliphatic heterocycles. The minimum absolute atomic E-state index is 0.00283. The predicted octanol–water partition coefficient (Wildman–Crippen LogP) is 2.98. The first-order chi connectivity index (χ1) is 13.5. The van der Waals surface area contributed by atoms with Crippen LogP contribution in [-0.2, 0) is 20.7 Å². The molecule has 3 rings (SSSR count). The lowest BCUT2D eigenvalue weighted by Crippen LogP contribution is -2.51. The van der Waals surface area contributed by atoms with E-state index in [2.05, 4.69) is 16.0 Å². The number of rotatable bonds is 6. The number of likely N-dealkylation sites (N-methyl/N-ethyl adjacent to an activating group) is 1. The number of esters is 1. The number of thiazole rings is 1. The Kier molecular flexibility index (Phi) is 6.37. The van der Waals surface area contributed by atoms with E-state index in [1.54, 1.807) is 24.8 Å². The van der Waals surface area contributed by atoms with Crippen molar-refractivity contribution in [2.24, 2.45) is 0 Å². The molecular formula is C20H22N4O3S. The van der Waals surface area contributed by atoms with Gasteiger partial charge in [-0.25, -0.2) is 4.98 Å². The monoisotopic (exact) mass is 398 g/mol. The zero-order valence-corrected chi connectivity index (χ0v) is 16.6. The van der Waals surface area contributed by atoms with Gasteiger partial charge in [0.2, 0.25) is 0 Å². The summed E-state index contributed by atoms with van der Waals surface area (Å²) in [7, 11) is 1.62. The molecule has 1 saturated carbocycles. The van der Waals surface area contributed by atoms with Gasteiger partial charge in [-0.15, -0.1) is 11.3 Å². The van der Waals surface area contributed by atoms with Gasteiger partial charge in [-0.2, -0.15) is 5.26 Å². The van der Waals surface area contributed by atoms with Crippen LogP contribution in [-0.4, -0.2) is 45.9 Å². The molecule has 7 nitrogen and oxygen atoms in total. The van der Waals surface area contributed by atoms with Crippen LogP contribution < -0.4 is 0 Å². The second-order valence-corrected chi connectivity index (χ2v) is 7.74. The summed E-state index contributed by atoms with van der Waals surface area (Å²) in [5, 5.41) is 12.1. The van der Waals surface area contributed by atoms with Gasteiger partial charge in [0.05, 0.1) is 18.2 Å². The molecule has 0 aromatic carbocycles. The number of hydrogen-bond donors (Lipinski definition) is 0. The van der Waals surface area contributed by atoms with E-state index in [0.29, 0.717) is 18.5 Å². The van der Waals surface area contributed by atoms with Crippen molar-refractivity contribution in [2.45, 2.75) is 44.1 Å². The lowest BCUT2D eigenvalue weighted by atomic mass is 9.81. The second kappa shape index (κ2) is 8.93. The fourth-order valence-corrected chi connectivity index (χ4v) is 4.16. The molecule has 0 N–H and O–H groups in total. The maximum absolute atomic E-state index is 12.4. The summed E-state index contributed by atoms with van der Waals surface area (Å²) >= 11 is 1.43. The molecule has 0 bridgehead atoms. The highest BCUT2D eigenvalue weighted by atomic mass is 32.1. The average molecular weight is 398 g/mol. The number of carbonyl (C=O) groups excluding carboxylic acids is 2. The van der Waals surface area contributed by atoms with E-state index in [-0.39, 0.29) is 18.9 Å². The van der Waals surface area contributed by atoms with E-state index in [1.165, 1.54) is 16.2 Å². The van der Waals surface area contributed by atoms with Crippen molar-refractivity contribution in [1.29, 1.82) is 5.26 Å². The Morgan fingerprint density at radius 3 is 2.82 bits per heavy atom. The zero-order valence-electron chi connectivity index (χ0n) is 15.8. The van der Waals surface area contributed by atoms with Gasteiger partial charge in [0.25, 0.3) is 5.91 Å². The molecule has 1 fully saturated rings. The lowest BCUT2D eigenvalue weighted by Gasteiger charge is -2.38. The molecule has 146 valence electrons. The number of carbonyl (C=O) groups is 2. The molecule has 0 spiro atoms. The Bertz CT molecular complexity index is 869. The normalized spacial score (nSPS) is 15.4. The molecule has 0 saturated heterocycles. The summed E-state index contributed by atoms with van der Waals surface area (Å²) in [5.41, 5.74) is 0.698. The van der Waals surface area contributed by atoms with E-state index >= 15 is 0 Å². The molecule has 1 aliphatic carbocycles. The lowest BCUT2D eigenvalue weighted by molar-refractivity contribution is -0.153. The van der Waals surface area contributed by atoms with Crippen LogP contribution in [0.15, 0.2) is 29.9 Å². The van der Waals surface area contributed by atoms with Crippen LogP contribution in [0.1, 0.15) is 37.8 Å². The second-order valence-electron chi connectivity index (χ2n) is 6.88. The summed E-state index contributed by atoms with van der Waals surface area (Å²) in [6, 6.07) is 6.02. The average Bonchev–Trinajstić information content (AvgIpc) is 3.21. The molecule has 0 unspecified atom stereocenters. The highest BCUT2D eigenvalue weighted by Gasteiger charge is 2.38. The Morgan fingerprint density at radius 2 is 2.14 bits per heavy atom. The molecule has 0 atom stereocenters. The third-order valence-electron chi connectivity index (χ3n) is 5.05. The fraction of sp³-hybridized carbons (Fsp3) is 0.450. The van der Waals surface area contributed by atoms with Crippen molar-refractivity contribution in [3.05, 3.63) is 35.6 Å². The van der Waals surface area contributed by atoms with Gasteiger partial charge >= 0.3 is 5.97 Å². The third-order valence-corrected chi connectivity index (χ3v) is 5.99. The zero-order chi connectivity index (χ0) is 20.0. The number of amides is 1. The van der Waals surface area contributed by atoms with E-state index in [4.69, 9.17) is 4.74 Å². The molecule has 0 radical (unpaired) electrons. The molecular weight excluding hydrogens is 376 g/mol. The Balaban J connectivity index is 1.52. The number of nitrogens with zero attached hydrogens (tertiary/aromatic N) is 4. The van der Waals surface area contributed by atoms with Crippen LogP contribution in [0.25, 0.3) is 10.6 Å². The SMILES string of the molecule is CN(C(=O)COC(=O)Cc1csc(-c2cccnc2)n1)C1(C#N)CCCCC1. The largest absolute Gasteiger partial charge is 0.455 e. The van der Waals surface area contributed by atoms with Gasteiger partial charge < -0.3 is 9.64 Å². The molecule has 2 aromatic rings. The van der Waals surface area contributed by atoms with Crippen LogP contribution in [0.2, 0.25) is 0 Å². The molecule has 2 heterocycles. The van der Waals surface area contributed by atoms with Crippen LogP contribution in [0.3, 0.4) is 0 Å². The maximum atomic E-state index is 12.4. The van der Waals surface area contributed by atoms with Crippen molar-refractivity contribution in [1.82, 2.24) is 14.9 Å². The number of aromatic nitrogens is 2. The first kappa shape index (κ1) is 20.0. The highest BCUT2D eigenvalue weighted by molar-refractivity contribution is 7.13. The van der Waals surface area contributed by atoms with Crippen LogP contribution in [0, 0.1) is 11.3 Å². The Labute approximate surface area is 168 Å². The topological polar surface area (TPSA) is 96.2 Å². The summed E-state index contributed by atoms with van der Waals surface area (Å²) in [6.45, 7) is -0.363. The van der Waals surface area contributed by atoms with Crippen LogP contribution in [0.5, 0.6) is 0 Å². The molecule has 1 aliphatic rings. The van der Waals surface area contributed by atoms with Crippen molar-refractivity contribution in [3.8, 4) is 16.6 Å². The van der Waals surface area contributed by atoms with Crippen molar-refractivity contribution in [2.75, 3.05) is 13.7 Å². The first-order valence-electron chi connectivity index (χ1n) is 9.22. The van der Waals surface area contributed by atoms with Crippen molar-refractivity contribution >= 4 is 23.2 Å². The standard InChI is InChI=1S/C20H22N4O3S/c1-24(20(14-21)7-3-2-4-8-20)17(25)12-27-18(26)10-16-13-28-19(23-16)15-6-5-9-22-11-15/h5-6,9,11,13H,2-4,7-8,10,12H2,1H3. The summed E-state index contributed by atoms with van der Waals surface area (Å²) < 4.78 is 5.14. The number of ether oxygens (including phenoxy) is 1. The van der Waals surface area contributed by atoms with Gasteiger partial charge in [-0.3, -0.25) is 14.6 Å². The minimum atomic E-state index is -0.782. The fourth-order valence-electron chi connectivity index (χ4n) is 3.35. The Hall–Kier alpha value is -2.79. The van der Waals surface area contributed by atoms with E-state index in [1.807, 2.05) is 12.1 Å². The first-order valence-corrected chi connectivity index (χ1v) is 10.1. The highest BCUT2D eigenvalue weighted by Crippen LogP contribution is 2.32. The quantitative estimate of drug-likeness (QED) is 0.694. The number of nitriles is 1. The van der Waals surface area contributed by atoms with Gasteiger partial charge in [0, 0.05) is 30.4 Å². The summed E-state index contributed by atoms with van der Waals surface area (Å²) in [6.07, 6.45) is 7.65. The Morgan fingerprint density at radius 1 is 1.36 bits per heavy atom. The third kappa shape index (κ3) is 4.54.